The molecule has 0 amide bonds. The Bertz CT molecular complexity index is 548. The monoisotopic (exact) mass is 335 g/mol. The summed E-state index contributed by atoms with van der Waals surface area (Å²) in [5.74, 6) is -0.915. The third-order valence-corrected chi connectivity index (χ3v) is 5.33. The molecule has 5 atom stereocenters. The third kappa shape index (κ3) is 3.07. The molecule has 0 aromatic heterocycles. The molecule has 0 saturated carbocycles. The molecule has 3 saturated heterocycles. The number of carbonyl (C=O) groups excluding carboxylic acids is 1. The molecule has 5 unspecified atom stereocenters. The third-order valence-electron chi connectivity index (χ3n) is 5.33. The van der Waals surface area contributed by atoms with Crippen LogP contribution in [0.2, 0.25) is 0 Å². The summed E-state index contributed by atoms with van der Waals surface area (Å²) in [6.07, 6.45) is 2.26. The Labute approximate surface area is 142 Å². The SMILES string of the molecule is CN1C2CC(OC(=O)C(CO)c3ccccc3)CC1C1OC12.CO. The maximum atomic E-state index is 12.4. The highest BCUT2D eigenvalue weighted by molar-refractivity contribution is 5.78. The van der Waals surface area contributed by atoms with Gasteiger partial charge < -0.3 is 19.7 Å². The van der Waals surface area contributed by atoms with Crippen LogP contribution < -0.4 is 0 Å². The van der Waals surface area contributed by atoms with E-state index in [1.807, 2.05) is 30.3 Å². The first-order chi connectivity index (χ1) is 11.7. The molecule has 2 N–H and O–H groups in total. The predicted octanol–water partition coefficient (Wildman–Crippen LogP) is 0.527. The molecule has 1 aromatic carbocycles. The van der Waals surface area contributed by atoms with Gasteiger partial charge in [0, 0.05) is 32.0 Å². The fourth-order valence-corrected chi connectivity index (χ4v) is 4.04. The van der Waals surface area contributed by atoms with E-state index in [1.165, 1.54) is 0 Å². The Morgan fingerprint density at radius 3 is 2.38 bits per heavy atom. The zero-order valence-electron chi connectivity index (χ0n) is 14.0. The van der Waals surface area contributed by atoms with Crippen LogP contribution >= 0.6 is 0 Å². The zero-order chi connectivity index (χ0) is 17.3. The average molecular weight is 335 g/mol. The lowest BCUT2D eigenvalue weighted by atomic mass is 9.97. The Morgan fingerprint density at radius 2 is 1.83 bits per heavy atom. The van der Waals surface area contributed by atoms with E-state index in [2.05, 4.69) is 11.9 Å². The van der Waals surface area contributed by atoms with Crippen LogP contribution in [0.5, 0.6) is 0 Å². The molecular weight excluding hydrogens is 310 g/mol. The minimum Gasteiger partial charge on any atom is -0.462 e. The Kier molecular flexibility index (Phi) is 5.20. The van der Waals surface area contributed by atoms with Crippen molar-refractivity contribution in [2.24, 2.45) is 0 Å². The van der Waals surface area contributed by atoms with Gasteiger partial charge in [0.25, 0.3) is 0 Å². The van der Waals surface area contributed by atoms with Crippen LogP contribution in [0.25, 0.3) is 0 Å². The largest absolute Gasteiger partial charge is 0.462 e. The number of piperidine rings is 1. The van der Waals surface area contributed by atoms with Gasteiger partial charge in [-0.2, -0.15) is 0 Å². The van der Waals surface area contributed by atoms with Gasteiger partial charge in [-0.1, -0.05) is 30.3 Å². The molecule has 0 radical (unpaired) electrons. The van der Waals surface area contributed by atoms with Crippen molar-refractivity contribution in [3.05, 3.63) is 35.9 Å². The Balaban J connectivity index is 0.000000815. The highest BCUT2D eigenvalue weighted by Gasteiger charge is 2.62. The number of hydrogen-bond donors (Lipinski definition) is 2. The number of fused-ring (bicyclic) bond motifs is 5. The van der Waals surface area contributed by atoms with E-state index in [9.17, 15) is 9.90 Å². The summed E-state index contributed by atoms with van der Waals surface area (Å²) in [6, 6.07) is 10.1. The second-order valence-electron chi connectivity index (χ2n) is 6.54. The van der Waals surface area contributed by atoms with Crippen molar-refractivity contribution in [3.8, 4) is 0 Å². The quantitative estimate of drug-likeness (QED) is 0.617. The van der Waals surface area contributed by atoms with Crippen molar-refractivity contribution in [1.29, 1.82) is 0 Å². The zero-order valence-corrected chi connectivity index (χ0v) is 14.0. The van der Waals surface area contributed by atoms with Crippen LogP contribution in [0.4, 0.5) is 0 Å². The van der Waals surface area contributed by atoms with Gasteiger partial charge in [-0.15, -0.1) is 0 Å². The molecule has 4 rings (SSSR count). The minimum atomic E-state index is -0.593. The van der Waals surface area contributed by atoms with E-state index in [-0.39, 0.29) is 18.7 Å². The number of epoxide rings is 1. The average Bonchev–Trinajstić information content (AvgIpc) is 3.36. The molecule has 2 bridgehead atoms. The van der Waals surface area contributed by atoms with Gasteiger partial charge in [0.05, 0.1) is 6.61 Å². The maximum absolute atomic E-state index is 12.4. The molecule has 132 valence electrons. The molecule has 3 heterocycles. The molecule has 24 heavy (non-hydrogen) atoms. The molecule has 3 aliphatic heterocycles. The number of likely N-dealkylation sites (N-methyl/N-ethyl adjacent to an activating group) is 1. The molecule has 1 aromatic rings. The lowest BCUT2D eigenvalue weighted by Gasteiger charge is -2.38. The van der Waals surface area contributed by atoms with Crippen LogP contribution in [-0.4, -0.2) is 72.2 Å². The van der Waals surface area contributed by atoms with Gasteiger partial charge in [0.2, 0.25) is 0 Å². The molecule has 6 nitrogen and oxygen atoms in total. The number of rotatable bonds is 4. The molecule has 3 aliphatic rings. The minimum absolute atomic E-state index is 0.0622. The summed E-state index contributed by atoms with van der Waals surface area (Å²) < 4.78 is 11.4. The van der Waals surface area contributed by atoms with Gasteiger partial charge in [-0.25, -0.2) is 0 Å². The van der Waals surface area contributed by atoms with Crippen LogP contribution in [-0.2, 0) is 14.3 Å². The number of morpholine rings is 1. The van der Waals surface area contributed by atoms with Crippen LogP contribution in [0, 0.1) is 0 Å². The maximum Gasteiger partial charge on any atom is 0.316 e. The van der Waals surface area contributed by atoms with Gasteiger partial charge in [0.1, 0.15) is 24.2 Å². The molecule has 0 spiro atoms. The summed E-state index contributed by atoms with van der Waals surface area (Å²) in [7, 11) is 3.13. The van der Waals surface area contributed by atoms with E-state index in [1.54, 1.807) is 0 Å². The first kappa shape index (κ1) is 17.4. The summed E-state index contributed by atoms with van der Waals surface area (Å²) in [4.78, 5) is 14.8. The lowest BCUT2D eigenvalue weighted by Crippen LogP contribution is -2.48. The van der Waals surface area contributed by atoms with E-state index >= 15 is 0 Å². The summed E-state index contributed by atoms with van der Waals surface area (Å²) >= 11 is 0. The van der Waals surface area contributed by atoms with Crippen LogP contribution in [0.3, 0.4) is 0 Å². The smallest absolute Gasteiger partial charge is 0.316 e. The first-order valence-electron chi connectivity index (χ1n) is 8.37. The number of aliphatic hydroxyl groups is 2. The van der Waals surface area contributed by atoms with E-state index < -0.39 is 5.92 Å². The molecule has 0 aliphatic carbocycles. The van der Waals surface area contributed by atoms with Gasteiger partial charge in [-0.3, -0.25) is 9.69 Å². The number of esters is 1. The van der Waals surface area contributed by atoms with Crippen LogP contribution in [0.1, 0.15) is 24.3 Å². The number of aliphatic hydroxyl groups excluding tert-OH is 2. The first-order valence-corrected chi connectivity index (χ1v) is 8.37. The van der Waals surface area contributed by atoms with Gasteiger partial charge in [-0.05, 0) is 12.6 Å². The summed E-state index contributed by atoms with van der Waals surface area (Å²) in [6.45, 7) is -0.226. The highest BCUT2D eigenvalue weighted by atomic mass is 16.6. The molecule has 6 heteroatoms. The van der Waals surface area contributed by atoms with Gasteiger partial charge >= 0.3 is 5.97 Å². The number of hydrogen-bond acceptors (Lipinski definition) is 6. The Hall–Kier alpha value is -1.47. The highest BCUT2D eigenvalue weighted by Crippen LogP contribution is 2.48. The van der Waals surface area contributed by atoms with E-state index in [0.29, 0.717) is 24.3 Å². The number of nitrogens with zero attached hydrogens (tertiary/aromatic N) is 1. The van der Waals surface area contributed by atoms with Crippen LogP contribution in [0.15, 0.2) is 30.3 Å². The fraction of sp³-hybridized carbons (Fsp3) is 0.611. The van der Waals surface area contributed by atoms with Crippen molar-refractivity contribution in [3.63, 3.8) is 0 Å². The number of carbonyl (C=O) groups is 1. The van der Waals surface area contributed by atoms with Crippen molar-refractivity contribution in [1.82, 2.24) is 4.90 Å². The van der Waals surface area contributed by atoms with Crippen molar-refractivity contribution < 1.29 is 24.5 Å². The Morgan fingerprint density at radius 1 is 1.25 bits per heavy atom. The number of ether oxygens (including phenoxy) is 2. The summed E-state index contributed by atoms with van der Waals surface area (Å²) in [5, 5.41) is 16.6. The number of benzene rings is 1. The second-order valence-corrected chi connectivity index (χ2v) is 6.54. The molecule has 3 fully saturated rings. The van der Waals surface area contributed by atoms with Crippen molar-refractivity contribution >= 4 is 5.97 Å². The lowest BCUT2D eigenvalue weighted by molar-refractivity contribution is -0.156. The van der Waals surface area contributed by atoms with Gasteiger partial charge in [0.15, 0.2) is 0 Å². The predicted molar refractivity (Wildman–Crippen MR) is 87.5 cm³/mol. The second kappa shape index (κ2) is 7.19. The molecular formula is C18H25NO5. The van der Waals surface area contributed by atoms with E-state index in [0.717, 1.165) is 25.5 Å². The normalized spacial score (nSPS) is 34.6. The van der Waals surface area contributed by atoms with Crippen molar-refractivity contribution in [2.45, 2.75) is 49.2 Å². The fourth-order valence-electron chi connectivity index (χ4n) is 4.04. The van der Waals surface area contributed by atoms with E-state index in [4.69, 9.17) is 14.6 Å². The summed E-state index contributed by atoms with van der Waals surface area (Å²) in [5.41, 5.74) is 0.803. The standard InChI is InChI=1S/C17H21NO4.CH4O/c1-18-13-7-11(8-14(18)16-15(13)22-16)21-17(20)12(9-19)10-5-3-2-4-6-10;1-2/h2-6,11-16,19H,7-9H2,1H3;2H,1H3. The topological polar surface area (TPSA) is 82.5 Å². The van der Waals surface area contributed by atoms with Crippen molar-refractivity contribution in [2.75, 3.05) is 20.8 Å².